The highest BCUT2D eigenvalue weighted by molar-refractivity contribution is 6.31. The Morgan fingerprint density at radius 2 is 1.11 bits per heavy atom. The maximum atomic E-state index is 6.63. The Morgan fingerprint density at radius 3 is 1.70 bits per heavy atom. The summed E-state index contributed by atoms with van der Waals surface area (Å²) in [5.41, 5.74) is 10.7. The highest BCUT2D eigenvalue weighted by Gasteiger charge is 2.07. The van der Waals surface area contributed by atoms with Gasteiger partial charge in [-0.05, 0) is 90.1 Å². The monoisotopic (exact) mass is 376 g/mol. The van der Waals surface area contributed by atoms with E-state index in [0.717, 1.165) is 30.7 Å². The van der Waals surface area contributed by atoms with Gasteiger partial charge in [-0.1, -0.05) is 74.0 Å². The molecule has 3 aromatic rings. The van der Waals surface area contributed by atoms with Crippen LogP contribution in [0.1, 0.15) is 58.4 Å². The maximum absolute atomic E-state index is 6.63. The molecule has 0 heterocycles. The fraction of sp³-hybridized carbons (Fsp3) is 0.308. The Kier molecular flexibility index (Phi) is 6.39. The number of benzene rings is 3. The summed E-state index contributed by atoms with van der Waals surface area (Å²) in [5, 5.41) is 0.868. The molecule has 0 unspecified atom stereocenters. The molecular weight excluding hydrogens is 348 g/mol. The lowest BCUT2D eigenvalue weighted by Gasteiger charge is -2.11. The molecule has 0 aliphatic rings. The van der Waals surface area contributed by atoms with Crippen LogP contribution in [0.4, 0.5) is 0 Å². The first-order valence-electron chi connectivity index (χ1n) is 9.94. The first-order valence-corrected chi connectivity index (χ1v) is 10.3. The Balaban J connectivity index is 1.76. The molecule has 0 saturated carbocycles. The van der Waals surface area contributed by atoms with Gasteiger partial charge in [0.2, 0.25) is 0 Å². The lowest BCUT2D eigenvalue weighted by atomic mass is 9.95. The van der Waals surface area contributed by atoms with Crippen molar-refractivity contribution in [2.24, 2.45) is 0 Å². The minimum Gasteiger partial charge on any atom is -0.0840 e. The standard InChI is InChI=1S/C26H29Cl/c1-5-20-7-11-24(19(4)13-20)15-22-9-12-25(26(27)17-22)16-21-8-10-23(6-2)18(3)14-21/h7-14,17H,5-6,15-16H2,1-4H3. The molecule has 0 bridgehead atoms. The van der Waals surface area contributed by atoms with Gasteiger partial charge in [-0.3, -0.25) is 0 Å². The van der Waals surface area contributed by atoms with Crippen LogP contribution in [0.3, 0.4) is 0 Å². The molecule has 0 N–H and O–H groups in total. The lowest BCUT2D eigenvalue weighted by molar-refractivity contribution is 1.08. The van der Waals surface area contributed by atoms with Crippen molar-refractivity contribution in [3.63, 3.8) is 0 Å². The molecule has 0 aliphatic carbocycles. The summed E-state index contributed by atoms with van der Waals surface area (Å²) in [6, 6.07) is 20.1. The molecule has 140 valence electrons. The average Bonchev–Trinajstić information content (AvgIpc) is 2.65. The van der Waals surface area contributed by atoms with Gasteiger partial charge >= 0.3 is 0 Å². The van der Waals surface area contributed by atoms with Crippen LogP contribution in [0.2, 0.25) is 5.02 Å². The van der Waals surface area contributed by atoms with Gasteiger partial charge in [-0.2, -0.15) is 0 Å². The number of hydrogen-bond acceptors (Lipinski definition) is 0. The van der Waals surface area contributed by atoms with E-state index in [4.69, 9.17) is 11.6 Å². The van der Waals surface area contributed by atoms with Crippen molar-refractivity contribution in [1.29, 1.82) is 0 Å². The minimum absolute atomic E-state index is 0.868. The van der Waals surface area contributed by atoms with E-state index >= 15 is 0 Å². The van der Waals surface area contributed by atoms with Crippen LogP contribution in [-0.4, -0.2) is 0 Å². The predicted octanol–water partition coefficient (Wildman–Crippen LogP) is 7.26. The predicted molar refractivity (Wildman–Crippen MR) is 118 cm³/mol. The molecule has 0 aliphatic heterocycles. The van der Waals surface area contributed by atoms with Crippen molar-refractivity contribution < 1.29 is 0 Å². The van der Waals surface area contributed by atoms with Crippen LogP contribution < -0.4 is 0 Å². The van der Waals surface area contributed by atoms with Gasteiger partial charge in [0, 0.05) is 5.02 Å². The first kappa shape index (κ1) is 19.7. The molecule has 0 aromatic heterocycles. The van der Waals surface area contributed by atoms with Gasteiger partial charge in [-0.15, -0.1) is 0 Å². The quantitative estimate of drug-likeness (QED) is 0.424. The van der Waals surface area contributed by atoms with Crippen molar-refractivity contribution in [1.82, 2.24) is 0 Å². The SMILES string of the molecule is CCc1ccc(Cc2ccc(Cc3ccc(CC)c(C)c3)c(Cl)c2)c(C)c1. The van der Waals surface area contributed by atoms with Crippen LogP contribution in [0, 0.1) is 13.8 Å². The zero-order valence-electron chi connectivity index (χ0n) is 16.9. The zero-order valence-corrected chi connectivity index (χ0v) is 17.7. The molecule has 0 nitrogen and oxygen atoms in total. The third kappa shape index (κ3) is 4.82. The molecule has 0 spiro atoms. The average molecular weight is 377 g/mol. The van der Waals surface area contributed by atoms with Gasteiger partial charge in [0.25, 0.3) is 0 Å². The van der Waals surface area contributed by atoms with Gasteiger partial charge < -0.3 is 0 Å². The van der Waals surface area contributed by atoms with Crippen molar-refractivity contribution in [3.05, 3.63) is 104 Å². The second-order valence-corrected chi connectivity index (χ2v) is 7.92. The van der Waals surface area contributed by atoms with Crippen LogP contribution in [0.15, 0.2) is 54.6 Å². The van der Waals surface area contributed by atoms with Crippen LogP contribution in [0.25, 0.3) is 0 Å². The van der Waals surface area contributed by atoms with Gasteiger partial charge in [0.1, 0.15) is 0 Å². The first-order chi connectivity index (χ1) is 13.0. The number of rotatable bonds is 6. The molecule has 1 heteroatoms. The van der Waals surface area contributed by atoms with Crippen LogP contribution in [-0.2, 0) is 25.7 Å². The Bertz CT molecular complexity index is 937. The van der Waals surface area contributed by atoms with E-state index in [2.05, 4.69) is 82.3 Å². The van der Waals surface area contributed by atoms with Gasteiger partial charge in [-0.25, -0.2) is 0 Å². The van der Waals surface area contributed by atoms with Crippen molar-refractivity contribution in [2.45, 2.75) is 53.4 Å². The van der Waals surface area contributed by atoms with E-state index in [0.29, 0.717) is 0 Å². The summed E-state index contributed by atoms with van der Waals surface area (Å²) >= 11 is 6.63. The summed E-state index contributed by atoms with van der Waals surface area (Å²) < 4.78 is 0. The second-order valence-electron chi connectivity index (χ2n) is 7.51. The fourth-order valence-corrected chi connectivity index (χ4v) is 3.99. The molecule has 0 atom stereocenters. The van der Waals surface area contributed by atoms with Crippen molar-refractivity contribution in [3.8, 4) is 0 Å². The molecule has 3 aromatic carbocycles. The molecule has 27 heavy (non-hydrogen) atoms. The number of aryl methyl sites for hydroxylation is 4. The number of halogens is 1. The molecule has 0 amide bonds. The smallest absolute Gasteiger partial charge is 0.0444 e. The number of hydrogen-bond donors (Lipinski definition) is 0. The van der Waals surface area contributed by atoms with E-state index in [1.807, 2.05) is 0 Å². The van der Waals surface area contributed by atoms with Crippen LogP contribution in [0.5, 0.6) is 0 Å². The molecule has 3 rings (SSSR count). The van der Waals surface area contributed by atoms with E-state index in [1.54, 1.807) is 0 Å². The van der Waals surface area contributed by atoms with Crippen molar-refractivity contribution >= 4 is 11.6 Å². The van der Waals surface area contributed by atoms with Crippen molar-refractivity contribution in [2.75, 3.05) is 0 Å². The Morgan fingerprint density at radius 1 is 0.593 bits per heavy atom. The van der Waals surface area contributed by atoms with E-state index in [9.17, 15) is 0 Å². The Labute approximate surface area is 169 Å². The largest absolute Gasteiger partial charge is 0.0840 e. The van der Waals surface area contributed by atoms with Crippen LogP contribution >= 0.6 is 11.6 Å². The van der Waals surface area contributed by atoms with Gasteiger partial charge in [0.15, 0.2) is 0 Å². The summed E-state index contributed by atoms with van der Waals surface area (Å²) in [7, 11) is 0. The van der Waals surface area contributed by atoms with E-state index in [-0.39, 0.29) is 0 Å². The van der Waals surface area contributed by atoms with E-state index in [1.165, 1.54) is 44.5 Å². The molecule has 0 radical (unpaired) electrons. The summed E-state index contributed by atoms with van der Waals surface area (Å²) in [5.74, 6) is 0. The topological polar surface area (TPSA) is 0 Å². The highest BCUT2D eigenvalue weighted by atomic mass is 35.5. The summed E-state index contributed by atoms with van der Waals surface area (Å²) in [6.07, 6.45) is 3.98. The molecule has 0 saturated heterocycles. The molecule has 0 fully saturated rings. The fourth-order valence-electron chi connectivity index (χ4n) is 3.72. The third-order valence-electron chi connectivity index (χ3n) is 5.51. The summed E-state index contributed by atoms with van der Waals surface area (Å²) in [4.78, 5) is 0. The van der Waals surface area contributed by atoms with E-state index < -0.39 is 0 Å². The highest BCUT2D eigenvalue weighted by Crippen LogP contribution is 2.24. The lowest BCUT2D eigenvalue weighted by Crippen LogP contribution is -1.96. The summed E-state index contributed by atoms with van der Waals surface area (Å²) in [6.45, 7) is 8.80. The van der Waals surface area contributed by atoms with Gasteiger partial charge in [0.05, 0.1) is 0 Å². The second kappa shape index (κ2) is 8.76. The molecular formula is C26H29Cl. The Hall–Kier alpha value is -2.05. The maximum Gasteiger partial charge on any atom is 0.0444 e. The third-order valence-corrected chi connectivity index (χ3v) is 5.86. The normalized spacial score (nSPS) is 11.0. The minimum atomic E-state index is 0.868. The zero-order chi connectivity index (χ0) is 19.4.